The lowest BCUT2D eigenvalue weighted by Crippen LogP contribution is -2.35. The predicted octanol–water partition coefficient (Wildman–Crippen LogP) is 3.40. The highest BCUT2D eigenvalue weighted by molar-refractivity contribution is 5.44. The number of piperidine rings is 1. The number of hydrogen-bond donors (Lipinski definition) is 0. The number of ether oxygens (including phenoxy) is 1. The number of aryl methyl sites for hydroxylation is 1. The van der Waals surface area contributed by atoms with Crippen LogP contribution in [0.3, 0.4) is 0 Å². The highest BCUT2D eigenvalue weighted by Gasteiger charge is 2.15. The van der Waals surface area contributed by atoms with E-state index in [0.717, 1.165) is 18.9 Å². The Hall–Kier alpha value is -1.62. The summed E-state index contributed by atoms with van der Waals surface area (Å²) >= 11 is 0. The van der Waals surface area contributed by atoms with Crippen molar-refractivity contribution in [1.82, 2.24) is 4.90 Å². The van der Waals surface area contributed by atoms with Gasteiger partial charge in [-0.15, -0.1) is 0 Å². The first-order chi connectivity index (χ1) is 10.1. The topological polar surface area (TPSA) is 55.6 Å². The standard InChI is InChI=1S/C16H24N2O3/c1-13-5-3-8-17(12-13)9-4-10-21-15-6-7-16(18(19)20)14(2)11-15/h6-7,11,13H,3-5,8-10,12H2,1-2H3/t13-/m0/s1. The summed E-state index contributed by atoms with van der Waals surface area (Å²) in [6, 6.07) is 4.92. The number of hydrogen-bond acceptors (Lipinski definition) is 4. The zero-order valence-corrected chi connectivity index (χ0v) is 12.9. The van der Waals surface area contributed by atoms with Gasteiger partial charge in [0.15, 0.2) is 0 Å². The van der Waals surface area contributed by atoms with Crippen LogP contribution in [0.4, 0.5) is 5.69 Å². The molecule has 1 aromatic carbocycles. The quantitative estimate of drug-likeness (QED) is 0.458. The number of nitrogens with zero attached hydrogens (tertiary/aromatic N) is 2. The average Bonchev–Trinajstić information content (AvgIpc) is 2.43. The third kappa shape index (κ3) is 4.70. The molecule has 5 heteroatoms. The van der Waals surface area contributed by atoms with E-state index in [1.54, 1.807) is 19.1 Å². The molecule has 0 N–H and O–H groups in total. The van der Waals surface area contributed by atoms with E-state index in [0.29, 0.717) is 17.9 Å². The average molecular weight is 292 g/mol. The molecule has 2 rings (SSSR count). The fraction of sp³-hybridized carbons (Fsp3) is 0.625. The van der Waals surface area contributed by atoms with Crippen molar-refractivity contribution in [2.45, 2.75) is 33.1 Å². The lowest BCUT2D eigenvalue weighted by atomic mass is 10.0. The molecular formula is C16H24N2O3. The molecule has 1 saturated heterocycles. The second kappa shape index (κ2) is 7.41. The first-order valence-electron chi connectivity index (χ1n) is 7.66. The molecule has 0 aromatic heterocycles. The van der Waals surface area contributed by atoms with E-state index in [4.69, 9.17) is 4.74 Å². The van der Waals surface area contributed by atoms with Gasteiger partial charge in [0.25, 0.3) is 5.69 Å². The van der Waals surface area contributed by atoms with Crippen molar-refractivity contribution < 1.29 is 9.66 Å². The van der Waals surface area contributed by atoms with Crippen LogP contribution in [-0.2, 0) is 0 Å². The van der Waals surface area contributed by atoms with Crippen molar-refractivity contribution in [2.75, 3.05) is 26.2 Å². The second-order valence-corrected chi connectivity index (χ2v) is 5.96. The molecule has 1 fully saturated rings. The lowest BCUT2D eigenvalue weighted by molar-refractivity contribution is -0.385. The third-order valence-corrected chi connectivity index (χ3v) is 3.99. The molecule has 1 aliphatic heterocycles. The highest BCUT2D eigenvalue weighted by atomic mass is 16.6. The Kier molecular flexibility index (Phi) is 5.56. The molecular weight excluding hydrogens is 268 g/mol. The minimum atomic E-state index is -0.364. The van der Waals surface area contributed by atoms with Gasteiger partial charge in [-0.25, -0.2) is 0 Å². The van der Waals surface area contributed by atoms with Crippen LogP contribution in [0.25, 0.3) is 0 Å². The lowest BCUT2D eigenvalue weighted by Gasteiger charge is -2.30. The van der Waals surface area contributed by atoms with Crippen LogP contribution in [-0.4, -0.2) is 36.1 Å². The van der Waals surface area contributed by atoms with Crippen molar-refractivity contribution in [3.05, 3.63) is 33.9 Å². The molecule has 116 valence electrons. The molecule has 0 unspecified atom stereocenters. The van der Waals surface area contributed by atoms with E-state index in [9.17, 15) is 10.1 Å². The van der Waals surface area contributed by atoms with E-state index in [-0.39, 0.29) is 10.6 Å². The molecule has 1 atom stereocenters. The molecule has 1 aromatic rings. The van der Waals surface area contributed by atoms with E-state index < -0.39 is 0 Å². The molecule has 0 radical (unpaired) electrons. The Labute approximate surface area is 126 Å². The maximum absolute atomic E-state index is 10.8. The molecule has 0 amide bonds. The smallest absolute Gasteiger partial charge is 0.272 e. The van der Waals surface area contributed by atoms with Gasteiger partial charge in [0.1, 0.15) is 5.75 Å². The molecule has 0 aliphatic carbocycles. The Morgan fingerprint density at radius 2 is 2.29 bits per heavy atom. The maximum atomic E-state index is 10.8. The summed E-state index contributed by atoms with van der Waals surface area (Å²) in [6.07, 6.45) is 3.63. The summed E-state index contributed by atoms with van der Waals surface area (Å²) in [7, 11) is 0. The predicted molar refractivity (Wildman–Crippen MR) is 82.8 cm³/mol. The zero-order chi connectivity index (χ0) is 15.2. The van der Waals surface area contributed by atoms with Crippen LogP contribution in [0.5, 0.6) is 5.75 Å². The summed E-state index contributed by atoms with van der Waals surface area (Å²) in [5.74, 6) is 1.52. The number of nitro benzene ring substituents is 1. The van der Waals surface area contributed by atoms with Gasteiger partial charge in [0, 0.05) is 24.7 Å². The van der Waals surface area contributed by atoms with Gasteiger partial charge >= 0.3 is 0 Å². The Balaban J connectivity index is 1.73. The summed E-state index contributed by atoms with van der Waals surface area (Å²) in [5, 5.41) is 10.8. The Morgan fingerprint density at radius 1 is 1.48 bits per heavy atom. The van der Waals surface area contributed by atoms with E-state index in [2.05, 4.69) is 11.8 Å². The van der Waals surface area contributed by atoms with Gasteiger partial charge in [-0.05, 0) is 50.8 Å². The molecule has 21 heavy (non-hydrogen) atoms. The number of likely N-dealkylation sites (tertiary alicyclic amines) is 1. The van der Waals surface area contributed by atoms with Crippen LogP contribution < -0.4 is 4.74 Å². The van der Waals surface area contributed by atoms with Crippen molar-refractivity contribution >= 4 is 5.69 Å². The minimum absolute atomic E-state index is 0.143. The summed E-state index contributed by atoms with van der Waals surface area (Å²) in [6.45, 7) is 8.15. The van der Waals surface area contributed by atoms with Gasteiger partial charge in [0.05, 0.1) is 11.5 Å². The van der Waals surface area contributed by atoms with Crippen molar-refractivity contribution in [1.29, 1.82) is 0 Å². The van der Waals surface area contributed by atoms with Crippen LogP contribution in [0.1, 0.15) is 31.7 Å². The fourth-order valence-electron chi connectivity index (χ4n) is 2.89. The van der Waals surface area contributed by atoms with E-state index >= 15 is 0 Å². The monoisotopic (exact) mass is 292 g/mol. The zero-order valence-electron chi connectivity index (χ0n) is 12.9. The minimum Gasteiger partial charge on any atom is -0.494 e. The largest absolute Gasteiger partial charge is 0.494 e. The summed E-state index contributed by atoms with van der Waals surface area (Å²) in [5.41, 5.74) is 0.784. The van der Waals surface area contributed by atoms with Crippen molar-refractivity contribution in [3.63, 3.8) is 0 Å². The highest BCUT2D eigenvalue weighted by Crippen LogP contribution is 2.23. The molecule has 1 aliphatic rings. The molecule has 5 nitrogen and oxygen atoms in total. The van der Waals surface area contributed by atoms with Crippen LogP contribution in [0, 0.1) is 23.0 Å². The van der Waals surface area contributed by atoms with Crippen molar-refractivity contribution in [3.8, 4) is 5.75 Å². The van der Waals surface area contributed by atoms with Crippen LogP contribution in [0.2, 0.25) is 0 Å². The van der Waals surface area contributed by atoms with Crippen molar-refractivity contribution in [2.24, 2.45) is 5.92 Å². The van der Waals surface area contributed by atoms with Crippen LogP contribution in [0.15, 0.2) is 18.2 Å². The summed E-state index contributed by atoms with van der Waals surface area (Å²) in [4.78, 5) is 12.9. The van der Waals surface area contributed by atoms with E-state index in [1.165, 1.54) is 32.0 Å². The van der Waals surface area contributed by atoms with Crippen LogP contribution >= 0.6 is 0 Å². The van der Waals surface area contributed by atoms with Gasteiger partial charge < -0.3 is 9.64 Å². The molecule has 1 heterocycles. The normalized spacial score (nSPS) is 19.4. The number of nitro groups is 1. The maximum Gasteiger partial charge on any atom is 0.272 e. The Morgan fingerprint density at radius 3 is 2.95 bits per heavy atom. The second-order valence-electron chi connectivity index (χ2n) is 5.96. The SMILES string of the molecule is Cc1cc(OCCCN2CCC[C@H](C)C2)ccc1[N+](=O)[O-]. The Bertz CT molecular complexity index is 490. The van der Waals surface area contributed by atoms with Gasteiger partial charge in [0.2, 0.25) is 0 Å². The van der Waals surface area contributed by atoms with Gasteiger partial charge in [-0.2, -0.15) is 0 Å². The molecule has 0 bridgehead atoms. The fourth-order valence-corrected chi connectivity index (χ4v) is 2.89. The molecule has 0 saturated carbocycles. The molecule has 0 spiro atoms. The number of rotatable bonds is 6. The van der Waals surface area contributed by atoms with E-state index in [1.807, 2.05) is 0 Å². The third-order valence-electron chi connectivity index (χ3n) is 3.99. The summed E-state index contributed by atoms with van der Waals surface area (Å²) < 4.78 is 5.69. The van der Waals surface area contributed by atoms with Gasteiger partial charge in [-0.3, -0.25) is 10.1 Å². The van der Waals surface area contributed by atoms with Gasteiger partial charge in [-0.1, -0.05) is 6.92 Å². The number of benzene rings is 1. The first-order valence-corrected chi connectivity index (χ1v) is 7.66. The first kappa shape index (κ1) is 15.8.